The highest BCUT2D eigenvalue weighted by Crippen LogP contribution is 2.11. The predicted octanol–water partition coefficient (Wildman–Crippen LogP) is 1.25. The standard InChI is InChI=1S/C12H13NO4S/c1-2-9-13-18(16,17)11-6-3-10(4-7-11)5-8-12(14)15/h2-8,13H,1,9H2,(H,14,15)/b8-5+. The number of aliphatic carboxylic acids is 1. The molecule has 6 heteroatoms. The highest BCUT2D eigenvalue weighted by atomic mass is 32.2. The number of carboxylic acid groups (broad SMARTS) is 1. The van der Waals surface area contributed by atoms with E-state index in [4.69, 9.17) is 5.11 Å². The van der Waals surface area contributed by atoms with E-state index in [1.54, 1.807) is 0 Å². The fraction of sp³-hybridized carbons (Fsp3) is 0.0833. The van der Waals surface area contributed by atoms with E-state index in [2.05, 4.69) is 11.3 Å². The number of hydrogen-bond donors (Lipinski definition) is 2. The van der Waals surface area contributed by atoms with Crippen LogP contribution in [-0.2, 0) is 14.8 Å². The lowest BCUT2D eigenvalue weighted by molar-refractivity contribution is -0.131. The van der Waals surface area contributed by atoms with Gasteiger partial charge in [-0.2, -0.15) is 0 Å². The van der Waals surface area contributed by atoms with Gasteiger partial charge in [0, 0.05) is 12.6 Å². The molecule has 0 radical (unpaired) electrons. The summed E-state index contributed by atoms with van der Waals surface area (Å²) in [4.78, 5) is 10.4. The SMILES string of the molecule is C=CCNS(=O)(=O)c1ccc(/C=C/C(=O)O)cc1. The summed E-state index contributed by atoms with van der Waals surface area (Å²) in [5.41, 5.74) is 0.611. The second-order valence-corrected chi connectivity index (χ2v) is 5.15. The molecule has 0 spiro atoms. The number of carboxylic acids is 1. The molecule has 0 fully saturated rings. The van der Waals surface area contributed by atoms with Gasteiger partial charge in [0.05, 0.1) is 4.90 Å². The molecule has 0 saturated carbocycles. The topological polar surface area (TPSA) is 83.5 Å². The molecule has 0 saturated heterocycles. The summed E-state index contributed by atoms with van der Waals surface area (Å²) in [6.45, 7) is 3.58. The van der Waals surface area contributed by atoms with Crippen molar-refractivity contribution in [3.8, 4) is 0 Å². The van der Waals surface area contributed by atoms with Crippen LogP contribution in [0.5, 0.6) is 0 Å². The molecule has 5 nitrogen and oxygen atoms in total. The van der Waals surface area contributed by atoms with Crippen molar-refractivity contribution in [2.24, 2.45) is 0 Å². The normalized spacial score (nSPS) is 11.6. The maximum Gasteiger partial charge on any atom is 0.328 e. The fourth-order valence-corrected chi connectivity index (χ4v) is 2.18. The average Bonchev–Trinajstić information content (AvgIpc) is 2.34. The molecule has 0 bridgehead atoms. The number of hydrogen-bond acceptors (Lipinski definition) is 3. The Kier molecular flexibility index (Phi) is 4.82. The van der Waals surface area contributed by atoms with Crippen LogP contribution in [0.3, 0.4) is 0 Å². The van der Waals surface area contributed by atoms with Gasteiger partial charge in [0.1, 0.15) is 0 Å². The van der Waals surface area contributed by atoms with Crippen molar-refractivity contribution in [2.75, 3.05) is 6.54 Å². The summed E-state index contributed by atoms with van der Waals surface area (Å²) >= 11 is 0. The van der Waals surface area contributed by atoms with Gasteiger partial charge < -0.3 is 5.11 Å². The van der Waals surface area contributed by atoms with E-state index in [0.29, 0.717) is 5.56 Å². The molecule has 1 rings (SSSR count). The Morgan fingerprint density at radius 3 is 2.44 bits per heavy atom. The molecule has 96 valence electrons. The van der Waals surface area contributed by atoms with Crippen molar-refractivity contribution < 1.29 is 18.3 Å². The van der Waals surface area contributed by atoms with Crippen LogP contribution in [0.2, 0.25) is 0 Å². The molecule has 0 aliphatic heterocycles. The molecule has 0 heterocycles. The van der Waals surface area contributed by atoms with Crippen LogP contribution >= 0.6 is 0 Å². The first-order valence-corrected chi connectivity index (χ1v) is 6.55. The van der Waals surface area contributed by atoms with Gasteiger partial charge in [-0.25, -0.2) is 17.9 Å². The van der Waals surface area contributed by atoms with Crippen LogP contribution in [0.4, 0.5) is 0 Å². The highest BCUT2D eigenvalue weighted by Gasteiger charge is 2.11. The summed E-state index contributed by atoms with van der Waals surface area (Å²) in [5, 5.41) is 8.45. The van der Waals surface area contributed by atoms with Crippen LogP contribution in [0.15, 0.2) is 47.9 Å². The Hall–Kier alpha value is -1.92. The van der Waals surface area contributed by atoms with Crippen molar-refractivity contribution in [2.45, 2.75) is 4.90 Å². The van der Waals surface area contributed by atoms with Gasteiger partial charge in [-0.1, -0.05) is 18.2 Å². The first-order chi connectivity index (χ1) is 8.45. The van der Waals surface area contributed by atoms with Crippen LogP contribution < -0.4 is 4.72 Å². The van der Waals surface area contributed by atoms with E-state index in [0.717, 1.165) is 6.08 Å². The molecule has 0 aliphatic carbocycles. The van der Waals surface area contributed by atoms with Crippen molar-refractivity contribution in [1.82, 2.24) is 4.72 Å². The van der Waals surface area contributed by atoms with E-state index in [1.807, 2.05) is 0 Å². The van der Waals surface area contributed by atoms with Crippen LogP contribution in [0.25, 0.3) is 6.08 Å². The molecule has 0 aliphatic rings. The summed E-state index contributed by atoms with van der Waals surface area (Å²) < 4.78 is 25.7. The van der Waals surface area contributed by atoms with Gasteiger partial charge >= 0.3 is 5.97 Å². The first-order valence-electron chi connectivity index (χ1n) is 5.07. The molecule has 1 aromatic rings. The minimum Gasteiger partial charge on any atom is -0.478 e. The third-order valence-electron chi connectivity index (χ3n) is 2.03. The average molecular weight is 267 g/mol. The Bertz CT molecular complexity index is 558. The van der Waals surface area contributed by atoms with Crippen LogP contribution in [0.1, 0.15) is 5.56 Å². The third kappa shape index (κ3) is 4.15. The van der Waals surface area contributed by atoms with Crippen molar-refractivity contribution in [3.05, 3.63) is 48.6 Å². The zero-order valence-corrected chi connectivity index (χ0v) is 10.4. The minimum absolute atomic E-state index is 0.122. The van der Waals surface area contributed by atoms with Gasteiger partial charge in [0.15, 0.2) is 0 Å². The smallest absolute Gasteiger partial charge is 0.328 e. The molecule has 0 unspecified atom stereocenters. The number of carbonyl (C=O) groups is 1. The zero-order valence-electron chi connectivity index (χ0n) is 9.54. The molecular weight excluding hydrogens is 254 g/mol. The van der Waals surface area contributed by atoms with Gasteiger partial charge in [-0.3, -0.25) is 0 Å². The molecule has 18 heavy (non-hydrogen) atoms. The van der Waals surface area contributed by atoms with Gasteiger partial charge in [0.25, 0.3) is 0 Å². The Morgan fingerprint density at radius 2 is 1.94 bits per heavy atom. The quantitative estimate of drug-likeness (QED) is 0.600. The second kappa shape index (κ2) is 6.13. The summed E-state index contributed by atoms with van der Waals surface area (Å²) in [6.07, 6.45) is 3.82. The summed E-state index contributed by atoms with van der Waals surface area (Å²) in [7, 11) is -3.53. The second-order valence-electron chi connectivity index (χ2n) is 3.38. The third-order valence-corrected chi connectivity index (χ3v) is 3.47. The van der Waals surface area contributed by atoms with Gasteiger partial charge in [0.2, 0.25) is 10.0 Å². The zero-order chi connectivity index (χ0) is 13.6. The van der Waals surface area contributed by atoms with E-state index < -0.39 is 16.0 Å². The highest BCUT2D eigenvalue weighted by molar-refractivity contribution is 7.89. The minimum atomic E-state index is -3.53. The molecule has 0 atom stereocenters. The molecule has 0 amide bonds. The Balaban J connectivity index is 2.89. The van der Waals surface area contributed by atoms with Crippen LogP contribution in [-0.4, -0.2) is 26.0 Å². The fourth-order valence-electron chi connectivity index (χ4n) is 1.18. The maximum atomic E-state index is 11.7. The molecule has 2 N–H and O–H groups in total. The molecule has 1 aromatic carbocycles. The van der Waals surface area contributed by atoms with Crippen LogP contribution in [0, 0.1) is 0 Å². The van der Waals surface area contributed by atoms with E-state index >= 15 is 0 Å². The maximum absolute atomic E-state index is 11.7. The Labute approximate surface area is 106 Å². The Morgan fingerprint density at radius 1 is 1.33 bits per heavy atom. The summed E-state index contributed by atoms with van der Waals surface area (Å²) in [6, 6.07) is 5.88. The van der Waals surface area contributed by atoms with Gasteiger partial charge in [-0.05, 0) is 23.8 Å². The molecular formula is C12H13NO4S. The number of sulfonamides is 1. The van der Waals surface area contributed by atoms with Crippen molar-refractivity contribution in [3.63, 3.8) is 0 Å². The number of benzene rings is 1. The predicted molar refractivity (Wildman–Crippen MR) is 68.5 cm³/mol. The summed E-state index contributed by atoms with van der Waals surface area (Å²) in [5.74, 6) is -1.06. The van der Waals surface area contributed by atoms with E-state index in [9.17, 15) is 13.2 Å². The van der Waals surface area contributed by atoms with Crippen molar-refractivity contribution >= 4 is 22.1 Å². The lowest BCUT2D eigenvalue weighted by Gasteiger charge is -2.04. The number of nitrogens with one attached hydrogen (secondary N) is 1. The molecule has 0 aromatic heterocycles. The van der Waals surface area contributed by atoms with Gasteiger partial charge in [-0.15, -0.1) is 6.58 Å². The van der Waals surface area contributed by atoms with E-state index in [-0.39, 0.29) is 11.4 Å². The lowest BCUT2D eigenvalue weighted by atomic mass is 10.2. The lowest BCUT2D eigenvalue weighted by Crippen LogP contribution is -2.23. The monoisotopic (exact) mass is 267 g/mol. The van der Waals surface area contributed by atoms with E-state index in [1.165, 1.54) is 36.4 Å². The van der Waals surface area contributed by atoms with Crippen molar-refractivity contribution in [1.29, 1.82) is 0 Å². The first kappa shape index (κ1) is 14.1. The largest absolute Gasteiger partial charge is 0.478 e. The number of rotatable bonds is 6.